The van der Waals surface area contributed by atoms with E-state index in [0.717, 1.165) is 65.0 Å². The topological polar surface area (TPSA) is 88.0 Å². The lowest BCUT2D eigenvalue weighted by Crippen LogP contribution is -2.47. The first kappa shape index (κ1) is 24.4. The maximum absolute atomic E-state index is 13.0. The molecule has 2 aromatic heterocycles. The number of pyridine rings is 1. The molecule has 7 heteroatoms. The fourth-order valence-electron chi connectivity index (χ4n) is 5.04. The van der Waals surface area contributed by atoms with E-state index in [0.29, 0.717) is 16.8 Å². The molecule has 2 N–H and O–H groups in total. The molecule has 5 aromatic rings. The van der Waals surface area contributed by atoms with Gasteiger partial charge in [-0.25, -0.2) is 0 Å². The SMILES string of the molecule is CN1CCN(C(=O)c2ccc(-c3cccc(-c4cncc(C#N)c4Nc4ccc5[nH]ccc5c4)c3)cc2)CC1. The van der Waals surface area contributed by atoms with E-state index in [1.807, 2.05) is 65.7 Å². The highest BCUT2D eigenvalue weighted by Gasteiger charge is 2.20. The minimum atomic E-state index is 0.0799. The molecule has 1 aliphatic heterocycles. The van der Waals surface area contributed by atoms with Crippen LogP contribution in [-0.4, -0.2) is 58.9 Å². The summed E-state index contributed by atoms with van der Waals surface area (Å²) >= 11 is 0. The van der Waals surface area contributed by atoms with Crippen molar-refractivity contribution >= 4 is 28.2 Å². The van der Waals surface area contributed by atoms with Crippen LogP contribution in [0.15, 0.2) is 91.4 Å². The monoisotopic (exact) mass is 512 g/mol. The third-order valence-electron chi connectivity index (χ3n) is 7.32. The molecule has 1 fully saturated rings. The molecule has 3 aromatic carbocycles. The minimum Gasteiger partial charge on any atom is -0.361 e. The lowest BCUT2D eigenvalue weighted by Gasteiger charge is -2.32. The van der Waals surface area contributed by atoms with Crippen LogP contribution < -0.4 is 5.32 Å². The third-order valence-corrected chi connectivity index (χ3v) is 7.32. The minimum absolute atomic E-state index is 0.0799. The smallest absolute Gasteiger partial charge is 0.253 e. The number of nitrogens with zero attached hydrogens (tertiary/aromatic N) is 4. The molecule has 6 rings (SSSR count). The molecule has 39 heavy (non-hydrogen) atoms. The number of aromatic nitrogens is 2. The number of aromatic amines is 1. The first-order valence-electron chi connectivity index (χ1n) is 13.0. The van der Waals surface area contributed by atoms with Gasteiger partial charge in [-0.1, -0.05) is 30.3 Å². The molecule has 1 saturated heterocycles. The van der Waals surface area contributed by atoms with Gasteiger partial charge in [0.2, 0.25) is 0 Å². The first-order valence-corrected chi connectivity index (χ1v) is 13.0. The van der Waals surface area contributed by atoms with Gasteiger partial charge in [0.05, 0.1) is 11.3 Å². The van der Waals surface area contributed by atoms with Gasteiger partial charge in [-0.3, -0.25) is 9.78 Å². The number of amides is 1. The molecule has 1 aliphatic rings. The molecule has 0 radical (unpaired) electrons. The number of nitrogens with one attached hydrogen (secondary N) is 2. The van der Waals surface area contributed by atoms with Gasteiger partial charge in [-0.15, -0.1) is 0 Å². The number of rotatable bonds is 5. The zero-order chi connectivity index (χ0) is 26.8. The average molecular weight is 513 g/mol. The number of fused-ring (bicyclic) bond motifs is 1. The van der Waals surface area contributed by atoms with Crippen LogP contribution in [-0.2, 0) is 0 Å². The number of H-pyrrole nitrogens is 1. The van der Waals surface area contributed by atoms with Gasteiger partial charge >= 0.3 is 0 Å². The summed E-state index contributed by atoms with van der Waals surface area (Å²) in [5.41, 5.74) is 7.66. The van der Waals surface area contributed by atoms with Crippen molar-refractivity contribution in [3.8, 4) is 28.3 Å². The Kier molecular flexibility index (Phi) is 6.54. The molecule has 7 nitrogen and oxygen atoms in total. The van der Waals surface area contributed by atoms with Crippen LogP contribution in [0.25, 0.3) is 33.2 Å². The zero-order valence-electron chi connectivity index (χ0n) is 21.7. The van der Waals surface area contributed by atoms with Crippen molar-refractivity contribution in [2.24, 2.45) is 0 Å². The fraction of sp³-hybridized carbons (Fsp3) is 0.156. The summed E-state index contributed by atoms with van der Waals surface area (Å²) in [5.74, 6) is 0.0799. The number of piperazine rings is 1. The Morgan fingerprint density at radius 3 is 2.51 bits per heavy atom. The van der Waals surface area contributed by atoms with Gasteiger partial charge in [0.15, 0.2) is 0 Å². The summed E-state index contributed by atoms with van der Waals surface area (Å²) in [5, 5.41) is 14.4. The normalized spacial score (nSPS) is 13.8. The highest BCUT2D eigenvalue weighted by atomic mass is 16.2. The van der Waals surface area contributed by atoms with Crippen molar-refractivity contribution < 1.29 is 4.79 Å². The Morgan fingerprint density at radius 1 is 0.923 bits per heavy atom. The Hall–Kier alpha value is -4.93. The van der Waals surface area contributed by atoms with E-state index < -0.39 is 0 Å². The van der Waals surface area contributed by atoms with E-state index in [2.05, 4.69) is 51.5 Å². The van der Waals surface area contributed by atoms with Crippen LogP contribution in [0, 0.1) is 11.3 Å². The van der Waals surface area contributed by atoms with Gasteiger partial charge < -0.3 is 20.1 Å². The molecule has 0 bridgehead atoms. The maximum Gasteiger partial charge on any atom is 0.253 e. The van der Waals surface area contributed by atoms with Gasteiger partial charge in [-0.2, -0.15) is 5.26 Å². The molecular formula is C32H28N6O. The molecule has 192 valence electrons. The Bertz CT molecular complexity index is 1690. The number of hydrogen-bond acceptors (Lipinski definition) is 5. The Labute approximate surface area is 227 Å². The van der Waals surface area contributed by atoms with Crippen molar-refractivity contribution in [1.29, 1.82) is 5.26 Å². The van der Waals surface area contributed by atoms with Crippen molar-refractivity contribution in [2.45, 2.75) is 0 Å². The third kappa shape index (κ3) is 4.98. The van der Waals surface area contributed by atoms with E-state index >= 15 is 0 Å². The van der Waals surface area contributed by atoms with E-state index in [9.17, 15) is 10.1 Å². The predicted molar refractivity (Wildman–Crippen MR) is 155 cm³/mol. The second-order valence-electron chi connectivity index (χ2n) is 9.88. The summed E-state index contributed by atoms with van der Waals surface area (Å²) < 4.78 is 0. The molecule has 0 atom stereocenters. The summed E-state index contributed by atoms with van der Waals surface area (Å²) in [6, 6.07) is 26.3. The molecule has 0 unspecified atom stereocenters. The first-order chi connectivity index (χ1) is 19.1. The van der Waals surface area contributed by atoms with Gasteiger partial charge in [-0.05, 0) is 66.2 Å². The summed E-state index contributed by atoms with van der Waals surface area (Å²) in [6.45, 7) is 3.31. The summed E-state index contributed by atoms with van der Waals surface area (Å²) in [7, 11) is 2.08. The van der Waals surface area contributed by atoms with Crippen molar-refractivity contribution in [3.63, 3.8) is 0 Å². The van der Waals surface area contributed by atoms with E-state index in [-0.39, 0.29) is 5.91 Å². The molecule has 1 amide bonds. The lowest BCUT2D eigenvalue weighted by atomic mass is 9.97. The number of anilines is 2. The van der Waals surface area contributed by atoms with Crippen LogP contribution in [0.3, 0.4) is 0 Å². The van der Waals surface area contributed by atoms with Crippen molar-refractivity contribution in [1.82, 2.24) is 19.8 Å². The van der Waals surface area contributed by atoms with Gasteiger partial charge in [0.25, 0.3) is 5.91 Å². The van der Waals surface area contributed by atoms with Crippen LogP contribution in [0.1, 0.15) is 15.9 Å². The van der Waals surface area contributed by atoms with Crippen molar-refractivity contribution in [3.05, 3.63) is 103 Å². The lowest BCUT2D eigenvalue weighted by molar-refractivity contribution is 0.0664. The maximum atomic E-state index is 13.0. The Balaban J connectivity index is 1.29. The summed E-state index contributed by atoms with van der Waals surface area (Å²) in [4.78, 5) is 24.7. The van der Waals surface area contributed by atoms with E-state index in [4.69, 9.17) is 0 Å². The molecule has 0 aliphatic carbocycles. The van der Waals surface area contributed by atoms with E-state index in [1.54, 1.807) is 12.4 Å². The van der Waals surface area contributed by atoms with Crippen LogP contribution in [0.5, 0.6) is 0 Å². The molecule has 3 heterocycles. The standard InChI is InChI=1S/C32H28N6O/c1-37-13-15-38(16-14-37)32(39)23-7-5-22(6-8-23)24-3-2-4-25(17-24)29-21-34-20-27(19-33)31(29)36-28-9-10-30-26(18-28)11-12-35-30/h2-12,17-18,20-21,35H,13-16H2,1H3,(H,34,36). The number of carbonyl (C=O) groups excluding carboxylic acids is 1. The fourth-order valence-corrected chi connectivity index (χ4v) is 5.04. The van der Waals surface area contributed by atoms with Crippen molar-refractivity contribution in [2.75, 3.05) is 38.5 Å². The predicted octanol–water partition coefficient (Wildman–Crippen LogP) is 5.90. The summed E-state index contributed by atoms with van der Waals surface area (Å²) in [6.07, 6.45) is 5.28. The zero-order valence-corrected chi connectivity index (χ0v) is 21.7. The largest absolute Gasteiger partial charge is 0.361 e. The Morgan fingerprint density at radius 2 is 1.72 bits per heavy atom. The number of hydrogen-bond donors (Lipinski definition) is 2. The number of benzene rings is 3. The molecular weight excluding hydrogens is 484 g/mol. The average Bonchev–Trinajstić information content (AvgIpc) is 3.45. The van der Waals surface area contributed by atoms with Gasteiger partial charge in [0.1, 0.15) is 6.07 Å². The molecule has 0 saturated carbocycles. The molecule has 0 spiro atoms. The number of likely N-dealkylation sites (N-methyl/N-ethyl adjacent to an activating group) is 1. The highest BCUT2D eigenvalue weighted by molar-refractivity contribution is 5.95. The van der Waals surface area contributed by atoms with Crippen LogP contribution in [0.4, 0.5) is 11.4 Å². The number of carbonyl (C=O) groups is 1. The van der Waals surface area contributed by atoms with Crippen LogP contribution in [0.2, 0.25) is 0 Å². The van der Waals surface area contributed by atoms with Crippen LogP contribution >= 0.6 is 0 Å². The quantitative estimate of drug-likeness (QED) is 0.306. The second kappa shape index (κ2) is 10.4. The highest BCUT2D eigenvalue weighted by Crippen LogP contribution is 2.35. The second-order valence-corrected chi connectivity index (χ2v) is 9.88. The van der Waals surface area contributed by atoms with Gasteiger partial charge in [0, 0.05) is 72.5 Å². The number of nitriles is 1. The van der Waals surface area contributed by atoms with E-state index in [1.165, 1.54) is 0 Å².